The van der Waals surface area contributed by atoms with Crippen molar-refractivity contribution in [3.8, 4) is 0 Å². The smallest absolute Gasteiger partial charge is 0.379 e. The normalized spacial score (nSPS) is 11.4. The summed E-state index contributed by atoms with van der Waals surface area (Å²) in [5.41, 5.74) is 0.309. The first kappa shape index (κ1) is 15.9. The van der Waals surface area contributed by atoms with Crippen LogP contribution < -0.4 is 4.72 Å². The lowest BCUT2D eigenvalue weighted by Gasteiger charge is -2.10. The van der Waals surface area contributed by atoms with Crippen LogP contribution in [0.1, 0.15) is 10.4 Å². The lowest BCUT2D eigenvalue weighted by Crippen LogP contribution is -2.06. The van der Waals surface area contributed by atoms with Crippen LogP contribution in [-0.4, -0.2) is 20.7 Å². The van der Waals surface area contributed by atoms with Crippen molar-refractivity contribution in [2.24, 2.45) is 0 Å². The van der Waals surface area contributed by atoms with Crippen LogP contribution in [0.4, 0.5) is 18.9 Å². The second-order valence-corrected chi connectivity index (χ2v) is 3.42. The molecule has 0 saturated heterocycles. The fourth-order valence-corrected chi connectivity index (χ4v) is 1.36. The Morgan fingerprint density at radius 1 is 1.35 bits per heavy atom. The van der Waals surface area contributed by atoms with Crippen LogP contribution in [0.15, 0.2) is 24.3 Å². The van der Waals surface area contributed by atoms with Gasteiger partial charge in [-0.3, -0.25) is 9.00 Å². The maximum Gasteiger partial charge on any atom is 0.379 e. The monoisotopic (exact) mass is 288 g/mol. The van der Waals surface area contributed by atoms with Crippen molar-refractivity contribution in [1.29, 1.82) is 0 Å². The molecule has 0 radical (unpaired) electrons. The Bertz CT molecular complexity index is 403. The Balaban J connectivity index is 0.000000557. The van der Waals surface area contributed by atoms with Crippen molar-refractivity contribution >= 4 is 33.8 Å². The molecule has 0 saturated carbocycles. The zero-order valence-electron chi connectivity index (χ0n) is 8.03. The highest BCUT2D eigenvalue weighted by Gasteiger charge is 2.06. The summed E-state index contributed by atoms with van der Waals surface area (Å²) < 4.78 is 51.6. The van der Waals surface area contributed by atoms with Crippen LogP contribution in [0.3, 0.4) is 0 Å². The van der Waals surface area contributed by atoms with Crippen LogP contribution in [0.25, 0.3) is 0 Å². The number of nitrogens with one attached hydrogen (secondary N) is 1. The molecule has 0 fully saturated rings. The number of carbonyl (C=O) groups is 1. The third-order valence-electron chi connectivity index (χ3n) is 1.33. The largest absolute Gasteiger partial charge is 0.755 e. The zero-order chi connectivity index (χ0) is 13.4. The fraction of sp³-hybridized carbons (Fsp3) is 0.125. The Morgan fingerprint density at radius 3 is 2.24 bits per heavy atom. The lowest BCUT2D eigenvalue weighted by atomic mass is 10.2. The van der Waals surface area contributed by atoms with Gasteiger partial charge in [0, 0.05) is 11.3 Å². The maximum atomic E-state index is 10.8. The fourth-order valence-electron chi connectivity index (χ4n) is 0.833. The summed E-state index contributed by atoms with van der Waals surface area (Å²) in [5.74, 6) is 0. The summed E-state index contributed by atoms with van der Waals surface area (Å²) in [4.78, 5) is 10.8. The molecular weight excluding hydrogens is 283 g/mol. The first-order valence-electron chi connectivity index (χ1n) is 3.91. The van der Waals surface area contributed by atoms with Gasteiger partial charge in [0.05, 0.1) is 11.3 Å². The Morgan fingerprint density at radius 2 is 1.82 bits per heavy atom. The summed E-state index contributed by atoms with van der Waals surface area (Å²) >= 11 is 2.76. The summed E-state index contributed by atoms with van der Waals surface area (Å²) in [5, 5.41) is -0.700. The van der Waals surface area contributed by atoms with Crippen molar-refractivity contribution in [3.05, 3.63) is 29.8 Å². The van der Waals surface area contributed by atoms with E-state index in [1.54, 1.807) is 12.1 Å². The van der Waals surface area contributed by atoms with E-state index in [-0.39, 0.29) is 11.3 Å². The van der Waals surface area contributed by atoms with Crippen molar-refractivity contribution in [2.75, 3.05) is 4.72 Å². The second kappa shape index (κ2) is 8.04. The second-order valence-electron chi connectivity index (χ2n) is 2.40. The molecule has 1 aromatic carbocycles. The van der Waals surface area contributed by atoms with Gasteiger partial charge in [0.15, 0.2) is 0 Å². The molecule has 1 rings (SSSR count). The average molecular weight is 289 g/mol. The van der Waals surface area contributed by atoms with Crippen LogP contribution in [0.5, 0.6) is 0 Å². The minimum atomic E-state index is -3.67. The SMILES string of the molecule is FC(F)F.O=C(Cl)c1ccccc1NS(=O)[O-]. The van der Waals surface area contributed by atoms with Gasteiger partial charge in [0.25, 0.3) is 5.24 Å². The zero-order valence-corrected chi connectivity index (χ0v) is 9.60. The number of halogens is 4. The van der Waals surface area contributed by atoms with Gasteiger partial charge >= 0.3 is 6.68 Å². The van der Waals surface area contributed by atoms with Gasteiger partial charge in [-0.2, -0.15) is 13.2 Å². The molecule has 0 aliphatic carbocycles. The number of para-hydroxylation sites is 1. The molecule has 1 unspecified atom stereocenters. The van der Waals surface area contributed by atoms with E-state index in [2.05, 4.69) is 4.72 Å². The highest BCUT2D eigenvalue weighted by atomic mass is 35.5. The van der Waals surface area contributed by atoms with E-state index in [4.69, 9.17) is 11.6 Å². The molecule has 1 aromatic rings. The van der Waals surface area contributed by atoms with Crippen molar-refractivity contribution in [3.63, 3.8) is 0 Å². The minimum absolute atomic E-state index is 0.133. The number of anilines is 1. The number of benzene rings is 1. The topological polar surface area (TPSA) is 69.2 Å². The summed E-state index contributed by atoms with van der Waals surface area (Å²) in [6.45, 7) is -3.67. The molecule has 17 heavy (non-hydrogen) atoms. The van der Waals surface area contributed by atoms with Gasteiger partial charge in [0.1, 0.15) is 0 Å². The highest BCUT2D eigenvalue weighted by molar-refractivity contribution is 7.80. The molecule has 0 spiro atoms. The van der Waals surface area contributed by atoms with Gasteiger partial charge in [-0.05, 0) is 23.7 Å². The third-order valence-corrected chi connectivity index (χ3v) is 1.92. The first-order chi connectivity index (χ1) is 7.84. The van der Waals surface area contributed by atoms with E-state index in [1.807, 2.05) is 0 Å². The quantitative estimate of drug-likeness (QED) is 0.686. The molecule has 0 aromatic heterocycles. The average Bonchev–Trinajstić information content (AvgIpc) is 2.16. The number of rotatable bonds is 3. The number of carbonyl (C=O) groups excluding carboxylic acids is 1. The molecule has 0 aliphatic heterocycles. The van der Waals surface area contributed by atoms with Crippen LogP contribution in [-0.2, 0) is 11.3 Å². The number of alkyl halides is 3. The molecule has 1 N–H and O–H groups in total. The maximum absolute atomic E-state index is 10.8. The predicted octanol–water partition coefficient (Wildman–Crippen LogP) is 2.45. The third kappa shape index (κ3) is 7.72. The number of hydrogen-bond acceptors (Lipinski definition) is 3. The lowest BCUT2D eigenvalue weighted by molar-refractivity contribution is 0.00818. The number of hydrogen-bond donors (Lipinski definition) is 1. The van der Waals surface area contributed by atoms with Gasteiger partial charge in [-0.15, -0.1) is 0 Å². The van der Waals surface area contributed by atoms with Crippen molar-refractivity contribution in [2.45, 2.75) is 6.68 Å². The van der Waals surface area contributed by atoms with Crippen molar-refractivity contribution in [1.82, 2.24) is 0 Å². The standard InChI is InChI=1S/C7H6ClNO3S.CHF3/c8-7(10)5-3-1-2-4-6(5)9-13(11)12;2-1(3)4/h1-4,9H,(H,11,12);1H/p-1. The van der Waals surface area contributed by atoms with Crippen molar-refractivity contribution < 1.29 is 26.7 Å². The highest BCUT2D eigenvalue weighted by Crippen LogP contribution is 2.17. The first-order valence-corrected chi connectivity index (χ1v) is 5.37. The molecule has 0 amide bonds. The molecule has 96 valence electrons. The summed E-state index contributed by atoms with van der Waals surface area (Å²) in [6, 6.07) is 6.07. The molecular formula is C8H6ClF3NO3S-. The molecule has 4 nitrogen and oxygen atoms in total. The van der Waals surface area contributed by atoms with E-state index in [1.165, 1.54) is 12.1 Å². The van der Waals surface area contributed by atoms with E-state index < -0.39 is 23.2 Å². The van der Waals surface area contributed by atoms with Gasteiger partial charge < -0.3 is 9.27 Å². The van der Waals surface area contributed by atoms with Crippen LogP contribution in [0.2, 0.25) is 0 Å². The van der Waals surface area contributed by atoms with E-state index in [0.717, 1.165) is 0 Å². The molecule has 1 atom stereocenters. The van der Waals surface area contributed by atoms with Crippen LogP contribution in [0, 0.1) is 0 Å². The molecule has 0 heterocycles. The predicted molar refractivity (Wildman–Crippen MR) is 56.3 cm³/mol. The van der Waals surface area contributed by atoms with Gasteiger partial charge in [-0.1, -0.05) is 12.1 Å². The van der Waals surface area contributed by atoms with Gasteiger partial charge in [0.2, 0.25) is 0 Å². The molecule has 0 bridgehead atoms. The van der Waals surface area contributed by atoms with Crippen LogP contribution >= 0.6 is 11.6 Å². The van der Waals surface area contributed by atoms with E-state index in [9.17, 15) is 26.7 Å². The Labute approximate surface area is 102 Å². The summed E-state index contributed by atoms with van der Waals surface area (Å²) in [6.07, 6.45) is 0. The summed E-state index contributed by atoms with van der Waals surface area (Å²) in [7, 11) is 0. The molecule has 9 heteroatoms. The van der Waals surface area contributed by atoms with E-state index >= 15 is 0 Å². The Hall–Kier alpha value is -1.12. The van der Waals surface area contributed by atoms with E-state index in [0.29, 0.717) is 0 Å². The minimum Gasteiger partial charge on any atom is -0.755 e. The Kier molecular flexibility index (Phi) is 7.51. The molecule has 0 aliphatic rings. The van der Waals surface area contributed by atoms with Gasteiger partial charge in [-0.25, -0.2) is 0 Å².